The molecule has 2 aromatic heterocycles. The molecule has 4 aromatic rings. The van der Waals surface area contributed by atoms with Crippen LogP contribution in [0.5, 0.6) is 0 Å². The number of hydrogen-bond acceptors (Lipinski definition) is 2. The maximum atomic E-state index is 6.01. The molecule has 0 aliphatic rings. The topological polar surface area (TPSA) is 26.0 Å². The van der Waals surface area contributed by atoms with Crippen LogP contribution in [0.15, 0.2) is 53.1 Å². The predicted molar refractivity (Wildman–Crippen MR) is 74.4 cm³/mol. The van der Waals surface area contributed by atoms with Crippen molar-refractivity contribution in [2.24, 2.45) is 0 Å². The molecule has 3 heteroatoms. The number of pyridine rings is 1. The molecule has 0 N–H and O–H groups in total. The van der Waals surface area contributed by atoms with E-state index in [0.29, 0.717) is 0 Å². The average molecular weight is 229 g/mol. The van der Waals surface area contributed by atoms with E-state index in [0.717, 1.165) is 38.3 Å². The Bertz CT molecular complexity index is 895. The molecular weight excluding hydrogens is 221 g/mol. The number of aromatic nitrogens is 1. The van der Waals surface area contributed by atoms with Crippen LogP contribution in [0.3, 0.4) is 0 Å². The molecule has 0 aliphatic carbocycles. The van der Waals surface area contributed by atoms with Crippen LogP contribution in [-0.2, 0) is 0 Å². The number of fused-ring (bicyclic) bond motifs is 5. The van der Waals surface area contributed by atoms with Gasteiger partial charge in [-0.05, 0) is 29.0 Å². The van der Waals surface area contributed by atoms with Crippen molar-refractivity contribution in [3.63, 3.8) is 0 Å². The standard InChI is InChI=1S/C15H8BNO/c16-11-4-1-3-10-9(11)6-7-12-14(10)15-13(18-12)5-2-8-17-15/h1-8H. The Morgan fingerprint density at radius 3 is 2.78 bits per heavy atom. The monoisotopic (exact) mass is 229 g/mol. The second-order valence-corrected chi connectivity index (χ2v) is 4.33. The first-order valence-electron chi connectivity index (χ1n) is 5.79. The van der Waals surface area contributed by atoms with Crippen molar-refractivity contribution in [3.8, 4) is 0 Å². The summed E-state index contributed by atoms with van der Waals surface area (Å²) in [6, 6.07) is 13.7. The van der Waals surface area contributed by atoms with E-state index in [9.17, 15) is 0 Å². The summed E-state index contributed by atoms with van der Waals surface area (Å²) in [5, 5.41) is 3.17. The fraction of sp³-hybridized carbons (Fsp3) is 0. The maximum Gasteiger partial charge on any atom is 0.153 e. The second-order valence-electron chi connectivity index (χ2n) is 4.33. The summed E-state index contributed by atoms with van der Waals surface area (Å²) < 4.78 is 5.80. The predicted octanol–water partition coefficient (Wildman–Crippen LogP) is 2.93. The summed E-state index contributed by atoms with van der Waals surface area (Å²) in [5.74, 6) is 0. The van der Waals surface area contributed by atoms with Crippen molar-refractivity contribution in [3.05, 3.63) is 48.7 Å². The van der Waals surface area contributed by atoms with Crippen molar-refractivity contribution in [1.82, 2.24) is 4.98 Å². The van der Waals surface area contributed by atoms with Gasteiger partial charge >= 0.3 is 0 Å². The largest absolute Gasteiger partial charge is 0.454 e. The Morgan fingerprint density at radius 2 is 1.83 bits per heavy atom. The molecule has 0 aliphatic heterocycles. The highest BCUT2D eigenvalue weighted by molar-refractivity contribution is 6.40. The van der Waals surface area contributed by atoms with Crippen LogP contribution < -0.4 is 5.46 Å². The fourth-order valence-corrected chi connectivity index (χ4v) is 2.47. The smallest absolute Gasteiger partial charge is 0.153 e. The molecule has 2 nitrogen and oxygen atoms in total. The van der Waals surface area contributed by atoms with Gasteiger partial charge in [0.25, 0.3) is 0 Å². The SMILES string of the molecule is [B]c1cccc2c1ccc1oc3cccnc3c12. The van der Waals surface area contributed by atoms with E-state index in [-0.39, 0.29) is 0 Å². The molecule has 4 rings (SSSR count). The van der Waals surface area contributed by atoms with Crippen LogP contribution in [0.4, 0.5) is 0 Å². The van der Waals surface area contributed by atoms with Gasteiger partial charge in [-0.3, -0.25) is 4.98 Å². The van der Waals surface area contributed by atoms with Crippen molar-refractivity contribution in [1.29, 1.82) is 0 Å². The van der Waals surface area contributed by atoms with Crippen molar-refractivity contribution >= 4 is 46.2 Å². The van der Waals surface area contributed by atoms with Crippen LogP contribution in [0, 0.1) is 0 Å². The number of benzene rings is 2. The third-order valence-corrected chi connectivity index (χ3v) is 3.28. The zero-order valence-electron chi connectivity index (χ0n) is 9.55. The number of rotatable bonds is 0. The van der Waals surface area contributed by atoms with Gasteiger partial charge in [0.15, 0.2) is 5.58 Å². The molecule has 0 saturated heterocycles. The lowest BCUT2D eigenvalue weighted by molar-refractivity contribution is 0.668. The van der Waals surface area contributed by atoms with Crippen LogP contribution >= 0.6 is 0 Å². The Labute approximate surface area is 105 Å². The molecule has 2 radical (unpaired) electrons. The molecule has 0 unspecified atom stereocenters. The fourth-order valence-electron chi connectivity index (χ4n) is 2.47. The van der Waals surface area contributed by atoms with Gasteiger partial charge in [0.2, 0.25) is 0 Å². The Hall–Kier alpha value is -2.29. The highest BCUT2D eigenvalue weighted by atomic mass is 16.3. The van der Waals surface area contributed by atoms with E-state index in [2.05, 4.69) is 11.1 Å². The van der Waals surface area contributed by atoms with E-state index in [1.54, 1.807) is 6.20 Å². The second kappa shape index (κ2) is 3.36. The van der Waals surface area contributed by atoms with E-state index in [1.165, 1.54) is 0 Å². The molecule has 0 atom stereocenters. The molecule has 82 valence electrons. The van der Waals surface area contributed by atoms with Crippen molar-refractivity contribution < 1.29 is 4.42 Å². The highest BCUT2D eigenvalue weighted by Crippen LogP contribution is 2.32. The van der Waals surface area contributed by atoms with Gasteiger partial charge in [-0.2, -0.15) is 0 Å². The molecule has 0 bridgehead atoms. The van der Waals surface area contributed by atoms with Crippen LogP contribution in [0.25, 0.3) is 32.8 Å². The van der Waals surface area contributed by atoms with E-state index in [1.807, 2.05) is 36.4 Å². The Morgan fingerprint density at radius 1 is 0.889 bits per heavy atom. The summed E-state index contributed by atoms with van der Waals surface area (Å²) in [4.78, 5) is 4.41. The summed E-state index contributed by atoms with van der Waals surface area (Å²) in [5.41, 5.74) is 3.33. The van der Waals surface area contributed by atoms with Crippen LogP contribution in [-0.4, -0.2) is 12.8 Å². The van der Waals surface area contributed by atoms with Gasteiger partial charge in [-0.15, -0.1) is 0 Å². The van der Waals surface area contributed by atoms with Crippen molar-refractivity contribution in [2.45, 2.75) is 0 Å². The van der Waals surface area contributed by atoms with Gasteiger partial charge in [0.05, 0.1) is 5.39 Å². The van der Waals surface area contributed by atoms with Crippen molar-refractivity contribution in [2.75, 3.05) is 0 Å². The van der Waals surface area contributed by atoms with E-state index < -0.39 is 0 Å². The Balaban J connectivity index is 2.37. The first-order valence-corrected chi connectivity index (χ1v) is 5.79. The number of furan rings is 1. The molecule has 2 aromatic carbocycles. The minimum atomic E-state index is 0.777. The van der Waals surface area contributed by atoms with Crippen LogP contribution in [0.1, 0.15) is 0 Å². The number of hydrogen-bond donors (Lipinski definition) is 0. The normalized spacial score (nSPS) is 11.6. The summed E-state index contributed by atoms with van der Waals surface area (Å²) in [6.07, 6.45) is 1.78. The molecule has 2 heterocycles. The molecule has 0 spiro atoms. The lowest BCUT2D eigenvalue weighted by Crippen LogP contribution is -2.02. The Kier molecular flexibility index (Phi) is 1.81. The van der Waals surface area contributed by atoms with Gasteiger partial charge in [-0.25, -0.2) is 0 Å². The minimum Gasteiger partial charge on any atom is -0.454 e. The minimum absolute atomic E-state index is 0.777. The third-order valence-electron chi connectivity index (χ3n) is 3.28. The first kappa shape index (κ1) is 9.72. The summed E-state index contributed by atoms with van der Waals surface area (Å²) >= 11 is 0. The summed E-state index contributed by atoms with van der Waals surface area (Å²) in [7, 11) is 6.01. The van der Waals surface area contributed by atoms with Gasteiger partial charge < -0.3 is 4.42 Å². The summed E-state index contributed by atoms with van der Waals surface area (Å²) in [6.45, 7) is 0. The molecule has 0 fully saturated rings. The first-order chi connectivity index (χ1) is 8.84. The lowest BCUT2D eigenvalue weighted by atomic mass is 9.89. The van der Waals surface area contributed by atoms with Crippen LogP contribution in [0.2, 0.25) is 0 Å². The highest BCUT2D eigenvalue weighted by Gasteiger charge is 2.11. The van der Waals surface area contributed by atoms with Gasteiger partial charge in [0.1, 0.15) is 18.9 Å². The van der Waals surface area contributed by atoms with Gasteiger partial charge in [-0.1, -0.05) is 29.7 Å². The average Bonchev–Trinajstić information content (AvgIpc) is 2.77. The molecule has 0 saturated carbocycles. The quantitative estimate of drug-likeness (QED) is 0.433. The molecule has 0 amide bonds. The van der Waals surface area contributed by atoms with E-state index in [4.69, 9.17) is 12.3 Å². The van der Waals surface area contributed by atoms with Gasteiger partial charge in [0, 0.05) is 6.20 Å². The lowest BCUT2D eigenvalue weighted by Gasteiger charge is -2.02. The molecule has 18 heavy (non-hydrogen) atoms. The van der Waals surface area contributed by atoms with E-state index >= 15 is 0 Å². The zero-order valence-corrected chi connectivity index (χ0v) is 9.55. The maximum absolute atomic E-state index is 6.01. The zero-order chi connectivity index (χ0) is 12.1. The third kappa shape index (κ3) is 1.16. The number of nitrogens with zero attached hydrogens (tertiary/aromatic N) is 1. The molecular formula is C15H8BNO.